The van der Waals surface area contributed by atoms with Gasteiger partial charge in [0.1, 0.15) is 0 Å². The Balaban J connectivity index is 0.00000338. The van der Waals surface area contributed by atoms with Crippen molar-refractivity contribution in [1.82, 2.24) is 20.4 Å². The summed E-state index contributed by atoms with van der Waals surface area (Å²) in [5.41, 5.74) is 1.59. The van der Waals surface area contributed by atoms with E-state index in [1.165, 1.54) is 24.9 Å². The highest BCUT2D eigenvalue weighted by Gasteiger charge is 2.21. The van der Waals surface area contributed by atoms with Crippen LogP contribution in [-0.2, 0) is 7.05 Å². The van der Waals surface area contributed by atoms with Crippen LogP contribution in [0.3, 0.4) is 0 Å². The molecule has 1 atom stereocenters. The Bertz CT molecular complexity index is 548. The third-order valence-electron chi connectivity index (χ3n) is 4.52. The maximum atomic E-state index is 4.77. The summed E-state index contributed by atoms with van der Waals surface area (Å²) in [5, 5.41) is 11.3. The van der Waals surface area contributed by atoms with Crippen LogP contribution in [0.4, 0.5) is 5.69 Å². The van der Waals surface area contributed by atoms with E-state index >= 15 is 0 Å². The second-order valence-corrected chi connectivity index (χ2v) is 8.23. The van der Waals surface area contributed by atoms with Crippen LogP contribution in [0.5, 0.6) is 0 Å². The fourth-order valence-corrected chi connectivity index (χ4v) is 3.21. The molecule has 6 nitrogen and oxygen atoms in total. The molecule has 2 rings (SSSR count). The Kier molecular flexibility index (Phi) is 9.74. The Morgan fingerprint density at radius 2 is 2.15 bits per heavy atom. The number of guanidine groups is 1. The summed E-state index contributed by atoms with van der Waals surface area (Å²) in [6.07, 6.45) is 8.75. The van der Waals surface area contributed by atoms with Gasteiger partial charge in [0.2, 0.25) is 0 Å². The van der Waals surface area contributed by atoms with Gasteiger partial charge in [-0.3, -0.25) is 9.67 Å². The van der Waals surface area contributed by atoms with Gasteiger partial charge in [-0.15, -0.1) is 24.0 Å². The molecule has 1 aromatic rings. The molecule has 150 valence electrons. The highest BCUT2D eigenvalue weighted by molar-refractivity contribution is 14.0. The molecule has 1 saturated heterocycles. The largest absolute Gasteiger partial charge is 0.367 e. The Hall–Kier alpha value is -0.990. The average molecular weight is 476 g/mol. The lowest BCUT2D eigenvalue weighted by atomic mass is 9.91. The molecule has 0 bridgehead atoms. The van der Waals surface area contributed by atoms with Crippen molar-refractivity contribution < 1.29 is 0 Å². The van der Waals surface area contributed by atoms with Crippen LogP contribution in [0.15, 0.2) is 17.4 Å². The number of aromatic nitrogens is 2. The van der Waals surface area contributed by atoms with Crippen LogP contribution >= 0.6 is 24.0 Å². The van der Waals surface area contributed by atoms with Crippen molar-refractivity contribution in [1.29, 1.82) is 0 Å². The summed E-state index contributed by atoms with van der Waals surface area (Å²) < 4.78 is 1.87. The smallest absolute Gasteiger partial charge is 0.191 e. The molecular weight excluding hydrogens is 439 g/mol. The van der Waals surface area contributed by atoms with E-state index < -0.39 is 0 Å². The van der Waals surface area contributed by atoms with Crippen LogP contribution in [0.1, 0.15) is 53.4 Å². The molecule has 0 aliphatic carbocycles. The number of nitrogens with one attached hydrogen (secondary N) is 2. The molecule has 1 aliphatic heterocycles. The van der Waals surface area contributed by atoms with E-state index in [0.717, 1.165) is 38.6 Å². The Morgan fingerprint density at radius 1 is 1.38 bits per heavy atom. The highest BCUT2D eigenvalue weighted by atomic mass is 127. The number of halogens is 1. The molecule has 26 heavy (non-hydrogen) atoms. The number of piperidine rings is 1. The SMILES string of the molecule is CCNC(=NCCCC(C)(C)C)NC1CCCN(c2cnn(C)c2)C1.I. The number of hydrogen-bond acceptors (Lipinski definition) is 3. The predicted molar refractivity (Wildman–Crippen MR) is 122 cm³/mol. The lowest BCUT2D eigenvalue weighted by Gasteiger charge is -2.34. The number of nitrogens with zero attached hydrogens (tertiary/aromatic N) is 4. The monoisotopic (exact) mass is 476 g/mol. The zero-order valence-corrected chi connectivity index (χ0v) is 19.4. The van der Waals surface area contributed by atoms with Crippen molar-refractivity contribution in [3.8, 4) is 0 Å². The predicted octanol–water partition coefficient (Wildman–Crippen LogP) is 3.39. The second-order valence-electron chi connectivity index (χ2n) is 8.23. The van der Waals surface area contributed by atoms with Gasteiger partial charge < -0.3 is 15.5 Å². The summed E-state index contributed by atoms with van der Waals surface area (Å²) in [4.78, 5) is 7.19. The van der Waals surface area contributed by atoms with Gasteiger partial charge in [0, 0.05) is 45.5 Å². The first-order chi connectivity index (χ1) is 11.9. The molecule has 0 aromatic carbocycles. The van der Waals surface area contributed by atoms with Gasteiger partial charge in [0.15, 0.2) is 5.96 Å². The van der Waals surface area contributed by atoms with Crippen molar-refractivity contribution in [2.75, 3.05) is 31.1 Å². The van der Waals surface area contributed by atoms with Gasteiger partial charge >= 0.3 is 0 Å². The van der Waals surface area contributed by atoms with E-state index in [9.17, 15) is 0 Å². The lowest BCUT2D eigenvalue weighted by Crippen LogP contribution is -2.51. The zero-order valence-electron chi connectivity index (χ0n) is 17.1. The third kappa shape index (κ3) is 8.14. The van der Waals surface area contributed by atoms with E-state index in [-0.39, 0.29) is 24.0 Å². The number of aryl methyl sites for hydroxylation is 1. The molecule has 1 aromatic heterocycles. The molecule has 0 radical (unpaired) electrons. The zero-order chi connectivity index (χ0) is 18.3. The molecule has 0 amide bonds. The normalized spacial score (nSPS) is 18.4. The topological polar surface area (TPSA) is 57.5 Å². The maximum Gasteiger partial charge on any atom is 0.191 e. The molecule has 7 heteroatoms. The van der Waals surface area contributed by atoms with Gasteiger partial charge in [0.25, 0.3) is 0 Å². The summed E-state index contributed by atoms with van der Waals surface area (Å²) in [5.74, 6) is 0.953. The van der Waals surface area contributed by atoms with E-state index in [1.807, 2.05) is 17.9 Å². The fraction of sp³-hybridized carbons (Fsp3) is 0.789. The van der Waals surface area contributed by atoms with Crippen molar-refractivity contribution in [2.24, 2.45) is 17.5 Å². The van der Waals surface area contributed by atoms with E-state index in [0.29, 0.717) is 11.5 Å². The average Bonchev–Trinajstić information content (AvgIpc) is 2.98. The van der Waals surface area contributed by atoms with Gasteiger partial charge in [-0.2, -0.15) is 5.10 Å². The van der Waals surface area contributed by atoms with Gasteiger partial charge in [-0.1, -0.05) is 20.8 Å². The van der Waals surface area contributed by atoms with E-state index in [4.69, 9.17) is 4.99 Å². The Labute approximate surface area is 176 Å². The molecule has 1 aliphatic rings. The van der Waals surface area contributed by atoms with Crippen molar-refractivity contribution in [3.63, 3.8) is 0 Å². The number of anilines is 1. The molecular formula is C19H37IN6. The molecule has 0 spiro atoms. The van der Waals surface area contributed by atoms with Crippen molar-refractivity contribution in [2.45, 2.75) is 59.4 Å². The van der Waals surface area contributed by atoms with Crippen LogP contribution in [0.2, 0.25) is 0 Å². The molecule has 2 heterocycles. The van der Waals surface area contributed by atoms with Crippen molar-refractivity contribution in [3.05, 3.63) is 12.4 Å². The highest BCUT2D eigenvalue weighted by Crippen LogP contribution is 2.20. The van der Waals surface area contributed by atoms with E-state index in [1.54, 1.807) is 0 Å². The van der Waals surface area contributed by atoms with Crippen molar-refractivity contribution >= 4 is 35.6 Å². The fourth-order valence-electron chi connectivity index (χ4n) is 3.21. The summed E-state index contributed by atoms with van der Waals surface area (Å²) in [7, 11) is 1.97. The number of rotatable bonds is 6. The standard InChI is InChI=1S/C19H36N6.HI/c1-6-20-18(21-11-8-10-19(2,3)4)23-16-9-7-12-25(14-16)17-13-22-24(5)15-17;/h13,15-16H,6-12,14H2,1-5H3,(H2,20,21,23);1H. The number of hydrogen-bond donors (Lipinski definition) is 2. The first-order valence-corrected chi connectivity index (χ1v) is 9.66. The minimum Gasteiger partial charge on any atom is -0.367 e. The van der Waals surface area contributed by atoms with E-state index in [2.05, 4.69) is 54.5 Å². The van der Waals surface area contributed by atoms with Crippen LogP contribution in [0.25, 0.3) is 0 Å². The lowest BCUT2D eigenvalue weighted by molar-refractivity contribution is 0.368. The van der Waals surface area contributed by atoms with Crippen LogP contribution in [-0.4, -0.2) is 48.0 Å². The second kappa shape index (κ2) is 11.0. The minimum atomic E-state index is 0. The maximum absolute atomic E-state index is 4.77. The summed E-state index contributed by atoms with van der Waals surface area (Å²) in [6, 6.07) is 0.425. The van der Waals surface area contributed by atoms with Gasteiger partial charge in [-0.25, -0.2) is 0 Å². The Morgan fingerprint density at radius 3 is 2.77 bits per heavy atom. The molecule has 2 N–H and O–H groups in total. The van der Waals surface area contributed by atoms with Crippen LogP contribution < -0.4 is 15.5 Å². The first kappa shape index (κ1) is 23.0. The molecule has 0 saturated carbocycles. The number of aliphatic imine (C=N–C) groups is 1. The summed E-state index contributed by atoms with van der Waals surface area (Å²) in [6.45, 7) is 12.9. The van der Waals surface area contributed by atoms with Gasteiger partial charge in [-0.05, 0) is 38.0 Å². The first-order valence-electron chi connectivity index (χ1n) is 9.66. The summed E-state index contributed by atoms with van der Waals surface area (Å²) >= 11 is 0. The minimum absolute atomic E-state index is 0. The third-order valence-corrected chi connectivity index (χ3v) is 4.52. The molecule has 1 fully saturated rings. The quantitative estimate of drug-likeness (QED) is 0.286. The molecule has 1 unspecified atom stereocenters. The van der Waals surface area contributed by atoms with Crippen LogP contribution in [0, 0.1) is 5.41 Å². The van der Waals surface area contributed by atoms with Gasteiger partial charge in [0.05, 0.1) is 11.9 Å².